The van der Waals surface area contributed by atoms with E-state index in [4.69, 9.17) is 15.3 Å². The Morgan fingerprint density at radius 3 is 2.52 bits per heavy atom. The molecule has 0 atom stereocenters. The Labute approximate surface area is 120 Å². The van der Waals surface area contributed by atoms with E-state index in [1.54, 1.807) is 19.2 Å². The minimum absolute atomic E-state index is 0.289. The van der Waals surface area contributed by atoms with Crippen molar-refractivity contribution >= 4 is 5.82 Å². The van der Waals surface area contributed by atoms with Crippen molar-refractivity contribution in [3.8, 4) is 11.6 Å². The van der Waals surface area contributed by atoms with Gasteiger partial charge in [0.05, 0.1) is 6.61 Å². The number of ether oxygens (including phenoxy) is 2. The van der Waals surface area contributed by atoms with Gasteiger partial charge in [0, 0.05) is 13.2 Å². The fourth-order valence-corrected chi connectivity index (χ4v) is 1.68. The average molecular weight is 295 g/mol. The molecule has 3 N–H and O–H groups in total. The molecule has 7 heteroatoms. The van der Waals surface area contributed by atoms with Crippen LogP contribution in [0.1, 0.15) is 5.56 Å². The van der Waals surface area contributed by atoms with Crippen LogP contribution in [0.3, 0.4) is 0 Å². The third-order valence-corrected chi connectivity index (χ3v) is 2.77. The Morgan fingerprint density at radius 1 is 1.19 bits per heavy atom. The number of methoxy groups -OCH3 is 1. The number of anilines is 1. The van der Waals surface area contributed by atoms with Gasteiger partial charge in [-0.2, -0.15) is 4.98 Å². The van der Waals surface area contributed by atoms with Gasteiger partial charge in [-0.15, -0.1) is 0 Å². The number of nitrogens with one attached hydrogen (secondary N) is 1. The quantitative estimate of drug-likeness (QED) is 0.633. The molecule has 2 rings (SSSR count). The normalized spacial score (nSPS) is 10.5. The number of hydrazine groups is 1. The lowest BCUT2D eigenvalue weighted by molar-refractivity contribution is 0.202. The molecule has 0 saturated carbocycles. The van der Waals surface area contributed by atoms with E-state index in [1.807, 2.05) is 17.6 Å². The lowest BCUT2D eigenvalue weighted by Gasteiger charge is -2.09. The summed E-state index contributed by atoms with van der Waals surface area (Å²) in [6.07, 6.45) is 0.765. The van der Waals surface area contributed by atoms with E-state index in [9.17, 15) is 8.78 Å². The van der Waals surface area contributed by atoms with Crippen LogP contribution in [0.25, 0.3) is 0 Å². The van der Waals surface area contributed by atoms with Crippen LogP contribution in [0.15, 0.2) is 30.3 Å². The van der Waals surface area contributed by atoms with Gasteiger partial charge in [-0.25, -0.2) is 14.6 Å². The number of aromatic nitrogens is 1. The Bertz CT molecular complexity index is 606. The number of hydrogen-bond donors (Lipinski definition) is 2. The molecule has 1 heterocycles. The third-order valence-electron chi connectivity index (χ3n) is 2.77. The Morgan fingerprint density at radius 2 is 1.90 bits per heavy atom. The number of rotatable bonds is 6. The molecule has 0 amide bonds. The van der Waals surface area contributed by atoms with Gasteiger partial charge in [0.2, 0.25) is 0 Å². The van der Waals surface area contributed by atoms with Gasteiger partial charge in [-0.1, -0.05) is 12.1 Å². The summed E-state index contributed by atoms with van der Waals surface area (Å²) in [5.41, 5.74) is 3.09. The van der Waals surface area contributed by atoms with Crippen LogP contribution in [-0.2, 0) is 11.2 Å². The molecule has 0 spiro atoms. The zero-order chi connectivity index (χ0) is 15.2. The minimum Gasteiger partial charge on any atom is -0.436 e. The number of nitrogens with zero attached hydrogens (tertiary/aromatic N) is 1. The standard InChI is InChI=1S/C14H15F2N3O2/c1-20-7-6-9-2-4-10(5-3-9)21-14-12(16)8-11(15)13(18-14)19-17/h2-5,8H,6-7,17H2,1H3,(H,18,19). The lowest BCUT2D eigenvalue weighted by Crippen LogP contribution is -2.11. The number of nitrogen functional groups attached to an aromatic ring is 1. The molecular formula is C14H15F2N3O2. The summed E-state index contributed by atoms with van der Waals surface area (Å²) in [6, 6.07) is 7.66. The van der Waals surface area contributed by atoms with Crippen LogP contribution in [0, 0.1) is 11.6 Å². The van der Waals surface area contributed by atoms with Crippen LogP contribution in [0.2, 0.25) is 0 Å². The van der Waals surface area contributed by atoms with E-state index >= 15 is 0 Å². The zero-order valence-electron chi connectivity index (χ0n) is 11.4. The summed E-state index contributed by atoms with van der Waals surface area (Å²) >= 11 is 0. The first-order valence-electron chi connectivity index (χ1n) is 6.22. The predicted octanol–water partition coefficient (Wildman–Crippen LogP) is 2.63. The van der Waals surface area contributed by atoms with Crippen LogP contribution in [0.5, 0.6) is 11.6 Å². The molecule has 112 valence electrons. The number of hydrogen-bond acceptors (Lipinski definition) is 5. The minimum atomic E-state index is -0.907. The molecular weight excluding hydrogens is 280 g/mol. The molecule has 1 aromatic carbocycles. The van der Waals surface area contributed by atoms with Gasteiger partial charge in [-0.05, 0) is 24.1 Å². The fraction of sp³-hybridized carbons (Fsp3) is 0.214. The maximum absolute atomic E-state index is 13.6. The summed E-state index contributed by atoms with van der Waals surface area (Å²) in [6.45, 7) is 0.611. The van der Waals surface area contributed by atoms with E-state index in [2.05, 4.69) is 4.98 Å². The Hall–Kier alpha value is -2.25. The van der Waals surface area contributed by atoms with E-state index in [1.165, 1.54) is 0 Å². The molecule has 0 aliphatic carbocycles. The highest BCUT2D eigenvalue weighted by Crippen LogP contribution is 2.25. The first kappa shape index (κ1) is 15.1. The van der Waals surface area contributed by atoms with Gasteiger partial charge >= 0.3 is 0 Å². The highest BCUT2D eigenvalue weighted by molar-refractivity contribution is 5.40. The van der Waals surface area contributed by atoms with Crippen LogP contribution < -0.4 is 16.0 Å². The summed E-state index contributed by atoms with van der Waals surface area (Å²) in [5, 5.41) is 0. The molecule has 0 fully saturated rings. The molecule has 2 aromatic rings. The van der Waals surface area contributed by atoms with Crippen molar-refractivity contribution < 1.29 is 18.3 Å². The van der Waals surface area contributed by atoms with Gasteiger partial charge < -0.3 is 14.9 Å². The van der Waals surface area contributed by atoms with Crippen molar-refractivity contribution in [1.82, 2.24) is 4.98 Å². The third kappa shape index (κ3) is 3.87. The number of nitrogens with two attached hydrogens (primary N) is 1. The van der Waals surface area contributed by atoms with Crippen molar-refractivity contribution in [2.45, 2.75) is 6.42 Å². The van der Waals surface area contributed by atoms with Gasteiger partial charge in [0.15, 0.2) is 17.5 Å². The molecule has 0 aliphatic heterocycles. The van der Waals surface area contributed by atoms with Crippen molar-refractivity contribution in [3.05, 3.63) is 47.5 Å². The highest BCUT2D eigenvalue weighted by Gasteiger charge is 2.13. The van der Waals surface area contributed by atoms with Gasteiger partial charge in [0.25, 0.3) is 5.88 Å². The smallest absolute Gasteiger partial charge is 0.258 e. The van der Waals surface area contributed by atoms with Crippen LogP contribution >= 0.6 is 0 Å². The first-order chi connectivity index (χ1) is 10.1. The van der Waals surface area contributed by atoms with Crippen molar-refractivity contribution in [2.75, 3.05) is 19.1 Å². The second-order valence-corrected chi connectivity index (χ2v) is 4.24. The number of halogens is 2. The van der Waals surface area contributed by atoms with Gasteiger partial charge in [-0.3, -0.25) is 0 Å². The van der Waals surface area contributed by atoms with Crippen LogP contribution in [0.4, 0.5) is 14.6 Å². The molecule has 0 aliphatic rings. The summed E-state index contributed by atoms with van der Waals surface area (Å²) in [5.74, 6) is 3.03. The second-order valence-electron chi connectivity index (χ2n) is 4.24. The predicted molar refractivity (Wildman–Crippen MR) is 74.1 cm³/mol. The van der Waals surface area contributed by atoms with E-state index < -0.39 is 11.6 Å². The lowest BCUT2D eigenvalue weighted by atomic mass is 10.1. The van der Waals surface area contributed by atoms with Crippen molar-refractivity contribution in [1.29, 1.82) is 0 Å². The average Bonchev–Trinajstić information content (AvgIpc) is 2.49. The van der Waals surface area contributed by atoms with E-state index in [-0.39, 0.29) is 11.7 Å². The summed E-state index contributed by atoms with van der Waals surface area (Å²) in [4.78, 5) is 3.63. The van der Waals surface area contributed by atoms with E-state index in [0.717, 1.165) is 12.0 Å². The van der Waals surface area contributed by atoms with Gasteiger partial charge in [0.1, 0.15) is 5.75 Å². The maximum atomic E-state index is 13.6. The zero-order valence-corrected chi connectivity index (χ0v) is 11.4. The molecule has 0 bridgehead atoms. The Balaban J connectivity index is 2.14. The van der Waals surface area contributed by atoms with Crippen molar-refractivity contribution in [2.24, 2.45) is 5.84 Å². The molecule has 0 unspecified atom stereocenters. The highest BCUT2D eigenvalue weighted by atomic mass is 19.1. The largest absolute Gasteiger partial charge is 0.436 e. The molecule has 0 radical (unpaired) electrons. The van der Waals surface area contributed by atoms with Crippen LogP contribution in [-0.4, -0.2) is 18.7 Å². The molecule has 21 heavy (non-hydrogen) atoms. The monoisotopic (exact) mass is 295 g/mol. The molecule has 0 saturated heterocycles. The second kappa shape index (κ2) is 6.96. The maximum Gasteiger partial charge on any atom is 0.258 e. The SMILES string of the molecule is COCCc1ccc(Oc2nc(NN)c(F)cc2F)cc1. The molecule has 5 nitrogen and oxygen atoms in total. The number of benzene rings is 1. The topological polar surface area (TPSA) is 69.4 Å². The summed E-state index contributed by atoms with van der Waals surface area (Å²) in [7, 11) is 1.63. The fourth-order valence-electron chi connectivity index (χ4n) is 1.68. The number of pyridine rings is 1. The Kier molecular flexibility index (Phi) is 5.02. The van der Waals surface area contributed by atoms with Crippen molar-refractivity contribution in [3.63, 3.8) is 0 Å². The molecule has 1 aromatic heterocycles. The first-order valence-corrected chi connectivity index (χ1v) is 6.22. The summed E-state index contributed by atoms with van der Waals surface area (Å²) < 4.78 is 37.1. The van der Waals surface area contributed by atoms with E-state index in [0.29, 0.717) is 18.4 Å².